The van der Waals surface area contributed by atoms with Gasteiger partial charge in [0, 0.05) is 5.69 Å². The van der Waals surface area contributed by atoms with Crippen LogP contribution in [-0.4, -0.2) is 37.7 Å². The number of rotatable bonds is 8. The van der Waals surface area contributed by atoms with Gasteiger partial charge in [0.2, 0.25) is 0 Å². The fourth-order valence-electron chi connectivity index (χ4n) is 2.77. The van der Waals surface area contributed by atoms with Crippen LogP contribution in [0.2, 0.25) is 0 Å². The fourth-order valence-corrected chi connectivity index (χ4v) is 2.77. The Hall–Kier alpha value is -4.66. The van der Waals surface area contributed by atoms with E-state index in [0.717, 1.165) is 0 Å². The summed E-state index contributed by atoms with van der Waals surface area (Å²) in [6, 6.07) is 19.9. The summed E-state index contributed by atoms with van der Waals surface area (Å²) < 4.78 is 16.1. The molecule has 9 nitrogen and oxygen atoms in total. The van der Waals surface area contributed by atoms with E-state index in [4.69, 9.17) is 14.2 Å². The highest BCUT2D eigenvalue weighted by Crippen LogP contribution is 2.29. The number of methoxy groups -OCH3 is 1. The first kappa shape index (κ1) is 24.0. The Morgan fingerprint density at radius 3 is 2.32 bits per heavy atom. The van der Waals surface area contributed by atoms with Crippen molar-refractivity contribution in [3.8, 4) is 17.2 Å². The molecule has 3 aromatic carbocycles. The van der Waals surface area contributed by atoms with Crippen LogP contribution in [0.4, 0.5) is 5.69 Å². The van der Waals surface area contributed by atoms with Gasteiger partial charge in [-0.25, -0.2) is 10.2 Å². The molecule has 0 spiro atoms. The summed E-state index contributed by atoms with van der Waals surface area (Å²) in [6.45, 7) is 2.14. The number of benzene rings is 3. The first-order valence-corrected chi connectivity index (χ1v) is 10.3. The van der Waals surface area contributed by atoms with E-state index in [2.05, 4.69) is 15.8 Å². The summed E-state index contributed by atoms with van der Waals surface area (Å²) in [5.41, 5.74) is 3.56. The molecule has 34 heavy (non-hydrogen) atoms. The molecule has 0 aromatic heterocycles. The smallest absolute Gasteiger partial charge is 0.343 e. The summed E-state index contributed by atoms with van der Waals surface area (Å²) in [4.78, 5) is 36.3. The van der Waals surface area contributed by atoms with Crippen molar-refractivity contribution in [2.24, 2.45) is 5.10 Å². The van der Waals surface area contributed by atoms with E-state index >= 15 is 0 Å². The van der Waals surface area contributed by atoms with Crippen LogP contribution in [0.25, 0.3) is 0 Å². The monoisotopic (exact) mass is 461 g/mol. The second kappa shape index (κ2) is 11.8. The molecule has 0 atom stereocenters. The third kappa shape index (κ3) is 6.67. The average molecular weight is 461 g/mol. The lowest BCUT2D eigenvalue weighted by Gasteiger charge is -2.11. The number of nitrogens with zero attached hydrogens (tertiary/aromatic N) is 1. The van der Waals surface area contributed by atoms with Crippen LogP contribution in [0.5, 0.6) is 17.2 Å². The molecule has 0 saturated heterocycles. The Bertz CT molecular complexity index is 1180. The van der Waals surface area contributed by atoms with Gasteiger partial charge in [-0.05, 0) is 67.1 Å². The lowest BCUT2D eigenvalue weighted by molar-refractivity contribution is -0.136. The van der Waals surface area contributed by atoms with Crippen molar-refractivity contribution in [3.05, 3.63) is 83.9 Å². The van der Waals surface area contributed by atoms with Crippen LogP contribution in [0.1, 0.15) is 22.8 Å². The third-order valence-electron chi connectivity index (χ3n) is 4.41. The van der Waals surface area contributed by atoms with Crippen LogP contribution in [0.15, 0.2) is 77.9 Å². The van der Waals surface area contributed by atoms with Crippen molar-refractivity contribution < 1.29 is 28.6 Å². The maximum absolute atomic E-state index is 12.3. The predicted octanol–water partition coefficient (Wildman–Crippen LogP) is 3.40. The normalized spacial score (nSPS) is 10.4. The van der Waals surface area contributed by atoms with E-state index in [1.807, 2.05) is 0 Å². The van der Waals surface area contributed by atoms with Crippen LogP contribution in [0.3, 0.4) is 0 Å². The van der Waals surface area contributed by atoms with E-state index < -0.39 is 17.8 Å². The number of carbonyl (C=O) groups is 3. The van der Waals surface area contributed by atoms with Gasteiger partial charge < -0.3 is 19.5 Å². The summed E-state index contributed by atoms with van der Waals surface area (Å²) in [7, 11) is 1.53. The van der Waals surface area contributed by atoms with Crippen molar-refractivity contribution in [1.82, 2.24) is 5.43 Å². The maximum atomic E-state index is 12.3. The lowest BCUT2D eigenvalue weighted by Crippen LogP contribution is -2.32. The average Bonchev–Trinajstić information content (AvgIpc) is 2.86. The van der Waals surface area contributed by atoms with E-state index in [9.17, 15) is 14.4 Å². The number of hydrogen-bond acceptors (Lipinski definition) is 7. The standard InChI is InChI=1S/C25H23N3O6/c1-3-33-22-15-17(9-14-21(22)34-25(31)18-7-5-4-6-8-18)16-26-28-24(30)23(29)27-19-10-12-20(32-2)13-11-19/h4-16H,3H2,1-2H3,(H,27,29)(H,28,30). The van der Waals surface area contributed by atoms with Crippen molar-refractivity contribution in [3.63, 3.8) is 0 Å². The number of ether oxygens (including phenoxy) is 3. The maximum Gasteiger partial charge on any atom is 0.343 e. The molecule has 3 aromatic rings. The van der Waals surface area contributed by atoms with Crippen LogP contribution >= 0.6 is 0 Å². The molecule has 0 saturated carbocycles. The molecule has 0 fully saturated rings. The first-order chi connectivity index (χ1) is 16.5. The molecule has 0 aliphatic rings. The van der Waals surface area contributed by atoms with Gasteiger partial charge in [0.25, 0.3) is 0 Å². The molecule has 3 rings (SSSR count). The van der Waals surface area contributed by atoms with Gasteiger partial charge >= 0.3 is 17.8 Å². The minimum Gasteiger partial charge on any atom is -0.497 e. The molecular weight excluding hydrogens is 438 g/mol. The molecule has 0 heterocycles. The zero-order valence-electron chi connectivity index (χ0n) is 18.6. The third-order valence-corrected chi connectivity index (χ3v) is 4.41. The highest BCUT2D eigenvalue weighted by Gasteiger charge is 2.14. The molecule has 9 heteroatoms. The van der Waals surface area contributed by atoms with E-state index in [0.29, 0.717) is 34.9 Å². The van der Waals surface area contributed by atoms with Crippen molar-refractivity contribution >= 4 is 29.7 Å². The first-order valence-electron chi connectivity index (χ1n) is 10.3. The Morgan fingerprint density at radius 1 is 0.912 bits per heavy atom. The second-order valence-corrected chi connectivity index (χ2v) is 6.78. The zero-order chi connectivity index (χ0) is 24.3. The molecule has 2 N–H and O–H groups in total. The summed E-state index contributed by atoms with van der Waals surface area (Å²) >= 11 is 0. The minimum atomic E-state index is -0.939. The molecular formula is C25H23N3O6. The Labute approximate surface area is 196 Å². The van der Waals surface area contributed by atoms with Gasteiger partial charge in [0.05, 0.1) is 25.5 Å². The van der Waals surface area contributed by atoms with Gasteiger partial charge in [-0.15, -0.1) is 0 Å². The molecule has 174 valence electrons. The molecule has 0 aliphatic carbocycles. The Kier molecular flexibility index (Phi) is 8.34. The SMILES string of the molecule is CCOc1cc(C=NNC(=O)C(=O)Nc2ccc(OC)cc2)ccc1OC(=O)c1ccccc1. The summed E-state index contributed by atoms with van der Waals surface area (Å²) in [5.74, 6) is -1.13. The second-order valence-electron chi connectivity index (χ2n) is 6.78. The van der Waals surface area contributed by atoms with Gasteiger partial charge in [-0.1, -0.05) is 18.2 Å². The minimum absolute atomic E-state index is 0.246. The van der Waals surface area contributed by atoms with Crippen molar-refractivity contribution in [2.45, 2.75) is 6.92 Å². The highest BCUT2D eigenvalue weighted by atomic mass is 16.6. The van der Waals surface area contributed by atoms with Gasteiger partial charge in [0.15, 0.2) is 11.5 Å². The van der Waals surface area contributed by atoms with E-state index in [-0.39, 0.29) is 5.75 Å². The van der Waals surface area contributed by atoms with Crippen LogP contribution in [0, 0.1) is 0 Å². The number of anilines is 1. The Balaban J connectivity index is 1.61. The number of hydrazone groups is 1. The number of hydrogen-bond donors (Lipinski definition) is 2. The molecule has 2 amide bonds. The number of carbonyl (C=O) groups excluding carboxylic acids is 3. The number of amides is 2. The molecule has 0 radical (unpaired) electrons. The number of esters is 1. The van der Waals surface area contributed by atoms with Gasteiger partial charge in [-0.2, -0.15) is 5.10 Å². The number of nitrogens with one attached hydrogen (secondary N) is 2. The summed E-state index contributed by atoms with van der Waals surface area (Å²) in [6.07, 6.45) is 1.34. The van der Waals surface area contributed by atoms with Crippen molar-refractivity contribution in [1.29, 1.82) is 0 Å². The highest BCUT2D eigenvalue weighted by molar-refractivity contribution is 6.39. The van der Waals surface area contributed by atoms with Gasteiger partial charge in [0.1, 0.15) is 5.75 Å². The van der Waals surface area contributed by atoms with E-state index in [1.54, 1.807) is 79.7 Å². The van der Waals surface area contributed by atoms with Crippen LogP contribution < -0.4 is 25.0 Å². The quantitative estimate of drug-likeness (QED) is 0.175. The zero-order valence-corrected chi connectivity index (χ0v) is 18.6. The molecule has 0 unspecified atom stereocenters. The molecule has 0 aliphatic heterocycles. The Morgan fingerprint density at radius 2 is 1.65 bits per heavy atom. The topological polar surface area (TPSA) is 115 Å². The largest absolute Gasteiger partial charge is 0.497 e. The molecule has 0 bridgehead atoms. The van der Waals surface area contributed by atoms with E-state index in [1.165, 1.54) is 13.3 Å². The van der Waals surface area contributed by atoms with Crippen molar-refractivity contribution in [2.75, 3.05) is 19.0 Å². The lowest BCUT2D eigenvalue weighted by atomic mass is 10.2. The van der Waals surface area contributed by atoms with Gasteiger partial charge in [-0.3, -0.25) is 9.59 Å². The predicted molar refractivity (Wildman–Crippen MR) is 126 cm³/mol. The fraction of sp³-hybridized carbons (Fsp3) is 0.120. The van der Waals surface area contributed by atoms with Crippen LogP contribution in [-0.2, 0) is 9.59 Å². The summed E-state index contributed by atoms with van der Waals surface area (Å²) in [5, 5.41) is 6.26.